The molecule has 0 rings (SSSR count). The minimum atomic E-state index is -1.15. The largest absolute Gasteiger partial charge is 0.481 e. The maximum absolute atomic E-state index is 11.0. The van der Waals surface area contributed by atoms with E-state index in [-0.39, 0.29) is 26.4 Å². The molecule has 0 saturated heterocycles. The van der Waals surface area contributed by atoms with Gasteiger partial charge in [-0.15, -0.1) is 0 Å². The summed E-state index contributed by atoms with van der Waals surface area (Å²) in [6.45, 7) is 1.96. The Labute approximate surface area is 81.9 Å². The third kappa shape index (κ3) is 5.50. The molecule has 0 fully saturated rings. The molecule has 0 aromatic heterocycles. The van der Waals surface area contributed by atoms with Crippen molar-refractivity contribution in [2.45, 2.75) is 6.92 Å². The minimum Gasteiger partial charge on any atom is -0.481 e. The lowest BCUT2D eigenvalue weighted by molar-refractivity contribution is -0.146. The van der Waals surface area contributed by atoms with E-state index in [9.17, 15) is 9.59 Å². The van der Waals surface area contributed by atoms with Crippen molar-refractivity contribution in [3.8, 4) is 0 Å². The maximum atomic E-state index is 11.0. The van der Waals surface area contributed by atoms with Crippen LogP contribution in [0.3, 0.4) is 0 Å². The molecule has 0 spiro atoms. The Kier molecular flexibility index (Phi) is 6.69. The van der Waals surface area contributed by atoms with Crippen LogP contribution in [0, 0.1) is 5.92 Å². The molecule has 0 aromatic rings. The Bertz CT molecular complexity index is 194. The summed E-state index contributed by atoms with van der Waals surface area (Å²) in [5.41, 5.74) is 0. The van der Waals surface area contributed by atoms with Crippen LogP contribution in [0.15, 0.2) is 0 Å². The standard InChI is InChI=1S/C8H15NO5/c1-6(8(12)13)7(11)9-2-4-14-5-3-10/h6,10H,2-5H2,1H3,(H,9,11)(H,12,13). The van der Waals surface area contributed by atoms with E-state index in [1.165, 1.54) is 6.92 Å². The number of carboxylic acids is 1. The molecule has 1 atom stereocenters. The maximum Gasteiger partial charge on any atom is 0.315 e. The van der Waals surface area contributed by atoms with Crippen molar-refractivity contribution in [3.63, 3.8) is 0 Å². The lowest BCUT2D eigenvalue weighted by Gasteiger charge is -2.07. The summed E-state index contributed by atoms with van der Waals surface area (Å²) in [4.78, 5) is 21.4. The van der Waals surface area contributed by atoms with Crippen LogP contribution in [0.2, 0.25) is 0 Å². The van der Waals surface area contributed by atoms with E-state index in [0.717, 1.165) is 0 Å². The number of hydrogen-bond acceptors (Lipinski definition) is 4. The van der Waals surface area contributed by atoms with Crippen LogP contribution in [-0.2, 0) is 14.3 Å². The Balaban J connectivity index is 3.49. The van der Waals surface area contributed by atoms with E-state index in [0.29, 0.717) is 0 Å². The number of aliphatic hydroxyl groups is 1. The van der Waals surface area contributed by atoms with E-state index in [2.05, 4.69) is 5.32 Å². The van der Waals surface area contributed by atoms with Crippen LogP contribution < -0.4 is 5.32 Å². The van der Waals surface area contributed by atoms with Crippen molar-refractivity contribution < 1.29 is 24.5 Å². The number of carboxylic acid groups (broad SMARTS) is 1. The summed E-state index contributed by atoms with van der Waals surface area (Å²) in [6.07, 6.45) is 0. The Morgan fingerprint density at radius 2 is 2.07 bits per heavy atom. The van der Waals surface area contributed by atoms with Gasteiger partial charge in [0.2, 0.25) is 5.91 Å². The fraction of sp³-hybridized carbons (Fsp3) is 0.750. The smallest absolute Gasteiger partial charge is 0.315 e. The predicted molar refractivity (Wildman–Crippen MR) is 47.7 cm³/mol. The first-order valence-corrected chi connectivity index (χ1v) is 4.28. The molecule has 6 heteroatoms. The van der Waals surface area contributed by atoms with Crippen molar-refractivity contribution in [3.05, 3.63) is 0 Å². The number of aliphatic carboxylic acids is 1. The Hall–Kier alpha value is -1.14. The van der Waals surface area contributed by atoms with Crippen molar-refractivity contribution in [2.75, 3.05) is 26.4 Å². The van der Waals surface area contributed by atoms with Gasteiger partial charge in [-0.2, -0.15) is 0 Å². The summed E-state index contributed by atoms with van der Waals surface area (Å²) in [6, 6.07) is 0. The Morgan fingerprint density at radius 3 is 2.57 bits per heavy atom. The predicted octanol–water partition coefficient (Wildman–Crippen LogP) is -1.17. The topological polar surface area (TPSA) is 95.9 Å². The molecule has 0 heterocycles. The third-order valence-corrected chi connectivity index (χ3v) is 1.54. The van der Waals surface area contributed by atoms with Crippen molar-refractivity contribution in [1.82, 2.24) is 5.32 Å². The number of amides is 1. The van der Waals surface area contributed by atoms with E-state index < -0.39 is 17.8 Å². The van der Waals surface area contributed by atoms with E-state index >= 15 is 0 Å². The second-order valence-corrected chi connectivity index (χ2v) is 2.69. The van der Waals surface area contributed by atoms with Gasteiger partial charge in [0.15, 0.2) is 0 Å². The molecule has 1 amide bonds. The summed E-state index contributed by atoms with van der Waals surface area (Å²) < 4.78 is 4.86. The number of ether oxygens (including phenoxy) is 1. The molecule has 0 bridgehead atoms. The quantitative estimate of drug-likeness (QED) is 0.359. The lowest BCUT2D eigenvalue weighted by atomic mass is 10.2. The minimum absolute atomic E-state index is 0.0700. The monoisotopic (exact) mass is 205 g/mol. The second-order valence-electron chi connectivity index (χ2n) is 2.69. The number of aliphatic hydroxyl groups excluding tert-OH is 1. The van der Waals surface area contributed by atoms with Crippen LogP contribution >= 0.6 is 0 Å². The highest BCUT2D eigenvalue weighted by Crippen LogP contribution is 1.93. The van der Waals surface area contributed by atoms with E-state index in [1.54, 1.807) is 0 Å². The SMILES string of the molecule is CC(C(=O)O)C(=O)NCCOCCO. The van der Waals surface area contributed by atoms with Crippen molar-refractivity contribution in [2.24, 2.45) is 5.92 Å². The zero-order chi connectivity index (χ0) is 11.0. The van der Waals surface area contributed by atoms with Crippen LogP contribution in [-0.4, -0.2) is 48.5 Å². The fourth-order valence-electron chi connectivity index (χ4n) is 0.678. The van der Waals surface area contributed by atoms with Gasteiger partial charge in [0, 0.05) is 6.54 Å². The molecule has 3 N–H and O–H groups in total. The molecular weight excluding hydrogens is 190 g/mol. The number of nitrogens with one attached hydrogen (secondary N) is 1. The van der Waals surface area contributed by atoms with Gasteiger partial charge in [0.1, 0.15) is 5.92 Å². The molecule has 82 valence electrons. The van der Waals surface area contributed by atoms with Gasteiger partial charge in [0.25, 0.3) is 0 Å². The number of hydrogen-bond donors (Lipinski definition) is 3. The second kappa shape index (κ2) is 7.28. The molecule has 14 heavy (non-hydrogen) atoms. The van der Waals surface area contributed by atoms with Gasteiger partial charge in [-0.1, -0.05) is 0 Å². The average Bonchev–Trinajstić information content (AvgIpc) is 2.16. The number of carbonyl (C=O) groups is 2. The number of rotatable bonds is 7. The normalized spacial score (nSPS) is 12.1. The first-order chi connectivity index (χ1) is 6.59. The first kappa shape index (κ1) is 12.9. The van der Waals surface area contributed by atoms with Crippen molar-refractivity contribution in [1.29, 1.82) is 0 Å². The first-order valence-electron chi connectivity index (χ1n) is 4.28. The molecule has 1 unspecified atom stereocenters. The highest BCUT2D eigenvalue weighted by Gasteiger charge is 2.19. The summed E-state index contributed by atoms with van der Waals surface area (Å²) in [7, 11) is 0. The third-order valence-electron chi connectivity index (χ3n) is 1.54. The summed E-state index contributed by atoms with van der Waals surface area (Å²) >= 11 is 0. The van der Waals surface area contributed by atoms with Gasteiger partial charge in [0.05, 0.1) is 19.8 Å². The van der Waals surface area contributed by atoms with Gasteiger partial charge < -0.3 is 20.3 Å². The highest BCUT2D eigenvalue weighted by molar-refractivity contribution is 5.96. The zero-order valence-electron chi connectivity index (χ0n) is 8.02. The van der Waals surface area contributed by atoms with Crippen LogP contribution in [0.25, 0.3) is 0 Å². The van der Waals surface area contributed by atoms with E-state index in [1.807, 2.05) is 0 Å². The van der Waals surface area contributed by atoms with Crippen LogP contribution in [0.1, 0.15) is 6.92 Å². The number of carbonyl (C=O) groups excluding carboxylic acids is 1. The van der Waals surface area contributed by atoms with Crippen LogP contribution in [0.4, 0.5) is 0 Å². The molecule has 0 saturated carbocycles. The average molecular weight is 205 g/mol. The van der Waals surface area contributed by atoms with Gasteiger partial charge in [-0.05, 0) is 6.92 Å². The lowest BCUT2D eigenvalue weighted by Crippen LogP contribution is -2.35. The van der Waals surface area contributed by atoms with E-state index in [4.69, 9.17) is 14.9 Å². The van der Waals surface area contributed by atoms with Gasteiger partial charge in [-0.3, -0.25) is 9.59 Å². The van der Waals surface area contributed by atoms with Gasteiger partial charge >= 0.3 is 5.97 Å². The molecule has 0 radical (unpaired) electrons. The molecular formula is C8H15NO5. The molecule has 6 nitrogen and oxygen atoms in total. The summed E-state index contributed by atoms with van der Waals surface area (Å²) in [5.74, 6) is -2.74. The molecule has 0 aliphatic carbocycles. The molecule has 0 aliphatic rings. The fourth-order valence-corrected chi connectivity index (χ4v) is 0.678. The van der Waals surface area contributed by atoms with Crippen LogP contribution in [0.5, 0.6) is 0 Å². The molecule has 0 aromatic carbocycles. The zero-order valence-corrected chi connectivity index (χ0v) is 8.02. The van der Waals surface area contributed by atoms with Gasteiger partial charge in [-0.25, -0.2) is 0 Å². The highest BCUT2D eigenvalue weighted by atomic mass is 16.5. The molecule has 0 aliphatic heterocycles. The summed E-state index contributed by atoms with van der Waals surface area (Å²) in [5, 5.41) is 19.2. The van der Waals surface area contributed by atoms with Crippen molar-refractivity contribution >= 4 is 11.9 Å². The Morgan fingerprint density at radius 1 is 1.43 bits per heavy atom.